The Bertz CT molecular complexity index is 1880. The topological polar surface area (TPSA) is 203 Å². The smallest absolute Gasteiger partial charge is 0.329 e. The van der Waals surface area contributed by atoms with Gasteiger partial charge in [-0.2, -0.15) is 0 Å². The first-order valence-corrected chi connectivity index (χ1v) is 26.5. The number of carbonyl (C=O) groups excluding carboxylic acids is 5. The molecule has 4 aliphatic rings. The van der Waals surface area contributed by atoms with Gasteiger partial charge in [0.15, 0.2) is 5.78 Å². The Kier molecular flexibility index (Phi) is 25.6. The highest BCUT2D eigenvalue weighted by molar-refractivity contribution is 6.39. The van der Waals surface area contributed by atoms with Crippen LogP contribution in [0.4, 0.5) is 0 Å². The zero-order chi connectivity index (χ0) is 53.1. The van der Waals surface area contributed by atoms with Gasteiger partial charge < -0.3 is 53.0 Å². The second-order valence-corrected chi connectivity index (χ2v) is 21.1. The van der Waals surface area contributed by atoms with E-state index in [2.05, 4.69) is 0 Å². The third-order valence-corrected chi connectivity index (χ3v) is 15.4. The number of fused-ring (bicyclic) bond motifs is 3. The van der Waals surface area contributed by atoms with Crippen molar-refractivity contribution in [3.63, 3.8) is 0 Å². The Morgan fingerprint density at radius 1 is 0.792 bits per heavy atom. The van der Waals surface area contributed by atoms with Gasteiger partial charge in [-0.3, -0.25) is 19.2 Å². The van der Waals surface area contributed by atoms with Crippen LogP contribution in [0.2, 0.25) is 0 Å². The van der Waals surface area contributed by atoms with E-state index < -0.39 is 77.8 Å². The maximum absolute atomic E-state index is 14.6. The molecule has 408 valence electrons. The zero-order valence-corrected chi connectivity index (χ0v) is 45.2. The van der Waals surface area contributed by atoms with Crippen molar-refractivity contribution in [2.45, 2.75) is 180 Å². The molecule has 15 atom stereocenters. The molecular formula is C56H89NO15. The van der Waals surface area contributed by atoms with Crippen molar-refractivity contribution in [2.24, 2.45) is 35.5 Å². The van der Waals surface area contributed by atoms with Crippen molar-refractivity contribution in [3.05, 3.63) is 47.6 Å². The maximum atomic E-state index is 14.6. The monoisotopic (exact) mass is 1020 g/mol. The number of aliphatic hydroxyl groups is 2. The molecule has 1 aliphatic carbocycles. The summed E-state index contributed by atoms with van der Waals surface area (Å²) >= 11 is 0. The normalized spacial score (nSPS) is 37.7. The first-order chi connectivity index (χ1) is 34.3. The van der Waals surface area contributed by atoms with Crippen LogP contribution in [0.15, 0.2) is 47.6 Å². The highest BCUT2D eigenvalue weighted by atomic mass is 16.6. The van der Waals surface area contributed by atoms with Crippen LogP contribution in [-0.4, -0.2) is 160 Å². The molecule has 16 nitrogen and oxygen atoms in total. The number of Topliss-reactive ketones (excluding diaryl/α,β-unsaturated/α-hetero) is 3. The molecule has 0 radical (unpaired) electrons. The second-order valence-electron chi connectivity index (χ2n) is 21.1. The SMILES string of the molecule is COCCO[C@@H]1C[C@@H]2CC[C@@H](C)[C@@](O)(O2)C(=O)C(=O)N2CCCC[C@H]2C(=O)OC([C@H](C)CC2CC[C@@H](OCCOC)[C@H](OC)C2)CC(=O)[C@H](C)/C=C(\C)[C@@H](O)[C@@H](OC)C(=O)[C@H](C)C[C@H](C)/C=C/C=C/C=C/1C. The van der Waals surface area contributed by atoms with Crippen molar-refractivity contribution in [1.82, 2.24) is 4.90 Å². The maximum Gasteiger partial charge on any atom is 0.329 e. The van der Waals surface area contributed by atoms with Gasteiger partial charge >= 0.3 is 5.97 Å². The number of cyclic esters (lactones) is 1. The Labute approximate surface area is 429 Å². The fourth-order valence-electron chi connectivity index (χ4n) is 10.8. The minimum absolute atomic E-state index is 0.00434. The average Bonchev–Trinajstić information content (AvgIpc) is 3.36. The summed E-state index contributed by atoms with van der Waals surface area (Å²) in [4.78, 5) is 72.7. The highest BCUT2D eigenvalue weighted by Crippen LogP contribution is 2.38. The number of hydrogen-bond acceptors (Lipinski definition) is 15. The summed E-state index contributed by atoms with van der Waals surface area (Å²) in [6, 6.07) is -1.15. The van der Waals surface area contributed by atoms with E-state index in [1.54, 1.807) is 48.2 Å². The number of ether oxygens (including phenoxy) is 8. The molecule has 0 aromatic carbocycles. The average molecular weight is 1020 g/mol. The molecule has 1 amide bonds. The van der Waals surface area contributed by atoms with Gasteiger partial charge in [-0.25, -0.2) is 4.79 Å². The molecule has 0 aromatic rings. The third-order valence-electron chi connectivity index (χ3n) is 15.4. The molecule has 2 bridgehead atoms. The summed E-state index contributed by atoms with van der Waals surface area (Å²) in [6.07, 6.45) is 12.2. The van der Waals surface area contributed by atoms with E-state index in [1.165, 1.54) is 12.0 Å². The lowest BCUT2D eigenvalue weighted by atomic mass is 9.78. The number of hydrogen-bond donors (Lipinski definition) is 2. The van der Waals surface area contributed by atoms with Crippen molar-refractivity contribution in [3.8, 4) is 0 Å². The molecule has 3 heterocycles. The summed E-state index contributed by atoms with van der Waals surface area (Å²) in [5.41, 5.74) is 1.25. The molecule has 0 aromatic heterocycles. The van der Waals surface area contributed by atoms with Gasteiger partial charge in [-0.05, 0) is 107 Å². The molecular weight excluding hydrogens is 927 g/mol. The zero-order valence-electron chi connectivity index (χ0n) is 45.2. The van der Waals surface area contributed by atoms with Crippen LogP contribution in [0.25, 0.3) is 0 Å². The van der Waals surface area contributed by atoms with Crippen LogP contribution in [0.1, 0.15) is 126 Å². The van der Waals surface area contributed by atoms with Crippen LogP contribution in [0, 0.1) is 35.5 Å². The molecule has 3 aliphatic heterocycles. The van der Waals surface area contributed by atoms with E-state index in [0.717, 1.165) is 18.4 Å². The van der Waals surface area contributed by atoms with E-state index in [9.17, 15) is 34.2 Å². The van der Waals surface area contributed by atoms with Gasteiger partial charge in [0.05, 0.1) is 50.8 Å². The van der Waals surface area contributed by atoms with Crippen LogP contribution in [0.5, 0.6) is 0 Å². The Morgan fingerprint density at radius 3 is 2.18 bits per heavy atom. The van der Waals surface area contributed by atoms with Gasteiger partial charge in [-0.1, -0.05) is 71.1 Å². The van der Waals surface area contributed by atoms with E-state index in [4.69, 9.17) is 37.9 Å². The summed E-state index contributed by atoms with van der Waals surface area (Å²) in [5, 5.41) is 23.6. The van der Waals surface area contributed by atoms with E-state index in [1.807, 2.05) is 58.1 Å². The molecule has 16 heteroatoms. The number of piperidine rings is 1. The molecule has 4 rings (SSSR count). The van der Waals surface area contributed by atoms with Crippen LogP contribution >= 0.6 is 0 Å². The fraction of sp³-hybridized carbons (Fsp3) is 0.768. The molecule has 0 spiro atoms. The number of allylic oxidation sites excluding steroid dienone is 6. The van der Waals surface area contributed by atoms with Gasteiger partial charge in [0, 0.05) is 65.6 Å². The Balaban J connectivity index is 1.71. The number of carbonyl (C=O) groups is 5. The van der Waals surface area contributed by atoms with Gasteiger partial charge in [-0.15, -0.1) is 0 Å². The predicted octanol–water partition coefficient (Wildman–Crippen LogP) is 6.87. The van der Waals surface area contributed by atoms with Gasteiger partial charge in [0.1, 0.15) is 30.1 Å². The Morgan fingerprint density at radius 2 is 1.50 bits per heavy atom. The lowest BCUT2D eigenvalue weighted by Crippen LogP contribution is -2.61. The minimum atomic E-state index is -2.46. The van der Waals surface area contributed by atoms with Gasteiger partial charge in [0.25, 0.3) is 11.7 Å². The van der Waals surface area contributed by atoms with E-state index >= 15 is 0 Å². The summed E-state index contributed by atoms with van der Waals surface area (Å²) < 4.78 is 46.9. The third kappa shape index (κ3) is 17.3. The number of amides is 1. The number of nitrogens with zero attached hydrogens (tertiary/aromatic N) is 1. The number of esters is 1. The molecule has 2 N–H and O–H groups in total. The number of aliphatic hydroxyl groups excluding tert-OH is 1. The molecule has 2 saturated heterocycles. The van der Waals surface area contributed by atoms with E-state index in [-0.39, 0.29) is 73.9 Å². The first-order valence-electron chi connectivity index (χ1n) is 26.5. The molecule has 2 unspecified atom stereocenters. The van der Waals surface area contributed by atoms with Gasteiger partial charge in [0.2, 0.25) is 5.79 Å². The first kappa shape index (κ1) is 61.1. The fourth-order valence-corrected chi connectivity index (χ4v) is 10.8. The Hall–Kier alpha value is -3.45. The molecule has 3 fully saturated rings. The van der Waals surface area contributed by atoms with Crippen molar-refractivity contribution < 1.29 is 72.1 Å². The number of rotatable bonds is 13. The van der Waals surface area contributed by atoms with Crippen molar-refractivity contribution >= 4 is 29.2 Å². The largest absolute Gasteiger partial charge is 0.460 e. The second kappa shape index (κ2) is 30.2. The van der Waals surface area contributed by atoms with Crippen LogP contribution < -0.4 is 0 Å². The molecule has 1 saturated carbocycles. The number of ketones is 3. The van der Waals surface area contributed by atoms with Crippen molar-refractivity contribution in [2.75, 3.05) is 61.4 Å². The van der Waals surface area contributed by atoms with E-state index in [0.29, 0.717) is 70.3 Å². The van der Waals surface area contributed by atoms with Crippen LogP contribution in [-0.2, 0) is 61.9 Å². The molecule has 72 heavy (non-hydrogen) atoms. The quantitative estimate of drug-likeness (QED) is 0.0837. The van der Waals surface area contributed by atoms with Crippen molar-refractivity contribution in [1.29, 1.82) is 0 Å². The standard InChI is InChI=1S/C56H89NO15/c1-35-17-13-12-14-18-36(2)47(70-28-26-66-9)33-43-22-20-41(7)56(64,72-43)53(61)54(62)57-24-16-15-19-44(57)55(63)71-48(38(4)31-42-21-23-46(49(32-42)67-10)69-27-25-65-8)34-45(58)37(3)30-40(6)51(60)52(68-11)50(59)39(5)29-35/h12-14,17-18,30,35,37-39,41-44,46-49,51-52,60,64H,15-16,19-29,31-34H2,1-11H3/b14-12+,17-13+,36-18+,40-30+/t35-,37-,38-,39-,41-,42?,43+,44+,46-,47-,48?,49-,51-,52+,56-/m1/s1. The summed E-state index contributed by atoms with van der Waals surface area (Å²) in [6.45, 7) is 14.4. The summed E-state index contributed by atoms with van der Waals surface area (Å²) in [7, 11) is 6.26. The minimum Gasteiger partial charge on any atom is -0.460 e. The lowest BCUT2D eigenvalue weighted by molar-refractivity contribution is -0.266. The predicted molar refractivity (Wildman–Crippen MR) is 272 cm³/mol. The number of methoxy groups -OCH3 is 4. The highest BCUT2D eigenvalue weighted by Gasteiger charge is 2.53. The lowest BCUT2D eigenvalue weighted by Gasteiger charge is -2.43. The summed E-state index contributed by atoms with van der Waals surface area (Å²) in [5.74, 6) is -7.97. The van der Waals surface area contributed by atoms with Crippen LogP contribution in [0.3, 0.4) is 0 Å².